The second kappa shape index (κ2) is 10.8. The molecule has 2 fully saturated rings. The summed E-state index contributed by atoms with van der Waals surface area (Å²) in [5, 5.41) is 6.10. The third-order valence-corrected chi connectivity index (χ3v) is 7.95. The minimum Gasteiger partial charge on any atom is -0.462 e. The van der Waals surface area contributed by atoms with E-state index in [2.05, 4.69) is 70.4 Å². The topological polar surface area (TPSA) is 56.8 Å². The van der Waals surface area contributed by atoms with E-state index in [1.807, 2.05) is 0 Å². The number of fused-ring (bicyclic) bond motifs is 2. The molecule has 6 rings (SSSR count). The van der Waals surface area contributed by atoms with E-state index in [4.69, 9.17) is 14.7 Å². The SMILES string of the molecule is Cc1cccc2cccc(N3CCc4c(nc(OC[C@@H]5CCCN5C)nc4N4CCNCC4)C3)c12.Cl. The maximum absolute atomic E-state index is 6.26. The minimum absolute atomic E-state index is 0. The van der Waals surface area contributed by atoms with Crippen molar-refractivity contribution in [3.63, 3.8) is 0 Å². The van der Waals surface area contributed by atoms with Crippen LogP contribution in [0.15, 0.2) is 36.4 Å². The summed E-state index contributed by atoms with van der Waals surface area (Å²) in [6, 6.07) is 14.2. The van der Waals surface area contributed by atoms with Crippen molar-refractivity contribution in [1.82, 2.24) is 20.2 Å². The summed E-state index contributed by atoms with van der Waals surface area (Å²) in [4.78, 5) is 17.3. The fraction of sp³-hybridized carbons (Fsp3) is 0.500. The Balaban J connectivity index is 0.00000267. The number of anilines is 2. The summed E-state index contributed by atoms with van der Waals surface area (Å²) in [6.07, 6.45) is 3.36. The molecule has 3 aliphatic rings. The van der Waals surface area contributed by atoms with E-state index >= 15 is 0 Å². The van der Waals surface area contributed by atoms with Gasteiger partial charge in [0.25, 0.3) is 0 Å². The van der Waals surface area contributed by atoms with Crippen molar-refractivity contribution in [2.45, 2.75) is 38.8 Å². The molecule has 1 atom stereocenters. The molecule has 36 heavy (non-hydrogen) atoms. The van der Waals surface area contributed by atoms with Crippen molar-refractivity contribution < 1.29 is 4.74 Å². The third-order valence-electron chi connectivity index (χ3n) is 7.95. The van der Waals surface area contributed by atoms with Crippen LogP contribution < -0.4 is 19.9 Å². The molecule has 0 bridgehead atoms. The number of hydrogen-bond donors (Lipinski definition) is 1. The summed E-state index contributed by atoms with van der Waals surface area (Å²) in [5.74, 6) is 1.08. The molecule has 1 N–H and O–H groups in total. The lowest BCUT2D eigenvalue weighted by Crippen LogP contribution is -2.45. The number of benzene rings is 2. The van der Waals surface area contributed by atoms with E-state index in [1.54, 1.807) is 0 Å². The molecule has 7 nitrogen and oxygen atoms in total. The first-order chi connectivity index (χ1) is 17.2. The van der Waals surface area contributed by atoms with Gasteiger partial charge in [0.05, 0.1) is 12.2 Å². The second-order valence-corrected chi connectivity index (χ2v) is 10.2. The summed E-state index contributed by atoms with van der Waals surface area (Å²) < 4.78 is 6.26. The fourth-order valence-electron chi connectivity index (χ4n) is 5.93. The van der Waals surface area contributed by atoms with Crippen LogP contribution in [0.2, 0.25) is 0 Å². The monoisotopic (exact) mass is 508 g/mol. The molecule has 1 aromatic heterocycles. The summed E-state index contributed by atoms with van der Waals surface area (Å²) in [7, 11) is 2.19. The normalized spacial score (nSPS) is 20.3. The van der Waals surface area contributed by atoms with Crippen LogP contribution in [0.5, 0.6) is 6.01 Å². The number of piperazine rings is 1. The van der Waals surface area contributed by atoms with Gasteiger partial charge in [0.1, 0.15) is 12.4 Å². The molecule has 0 unspecified atom stereocenters. The van der Waals surface area contributed by atoms with Crippen molar-refractivity contribution in [1.29, 1.82) is 0 Å². The Labute approximate surface area is 220 Å². The number of halogens is 1. The Morgan fingerprint density at radius 3 is 2.58 bits per heavy atom. The molecular formula is C28H37ClN6O. The fourth-order valence-corrected chi connectivity index (χ4v) is 5.93. The largest absolute Gasteiger partial charge is 0.462 e. The van der Waals surface area contributed by atoms with Crippen molar-refractivity contribution >= 4 is 34.7 Å². The van der Waals surface area contributed by atoms with Gasteiger partial charge >= 0.3 is 6.01 Å². The third kappa shape index (κ3) is 4.84. The summed E-state index contributed by atoms with van der Waals surface area (Å²) in [5.41, 5.74) is 5.02. The number of likely N-dealkylation sites (tertiary alicyclic amines) is 1. The zero-order chi connectivity index (χ0) is 23.8. The van der Waals surface area contributed by atoms with Gasteiger partial charge in [-0.1, -0.05) is 30.3 Å². The first-order valence-corrected chi connectivity index (χ1v) is 13.1. The van der Waals surface area contributed by atoms with E-state index in [1.165, 1.54) is 40.4 Å². The number of rotatable bonds is 5. The zero-order valence-electron chi connectivity index (χ0n) is 21.4. The zero-order valence-corrected chi connectivity index (χ0v) is 22.2. The van der Waals surface area contributed by atoms with Gasteiger partial charge in [-0.15, -0.1) is 12.4 Å². The van der Waals surface area contributed by atoms with Crippen LogP contribution >= 0.6 is 12.4 Å². The average Bonchev–Trinajstić information content (AvgIpc) is 3.31. The Morgan fingerprint density at radius 2 is 1.81 bits per heavy atom. The predicted octanol–water partition coefficient (Wildman–Crippen LogP) is 3.81. The van der Waals surface area contributed by atoms with Gasteiger partial charge < -0.3 is 24.8 Å². The van der Waals surface area contributed by atoms with E-state index in [0.29, 0.717) is 18.7 Å². The highest BCUT2D eigenvalue weighted by Gasteiger charge is 2.28. The molecule has 3 aromatic rings. The molecule has 0 radical (unpaired) electrons. The van der Waals surface area contributed by atoms with Gasteiger partial charge in [-0.25, -0.2) is 0 Å². The molecule has 192 valence electrons. The van der Waals surface area contributed by atoms with E-state index < -0.39 is 0 Å². The Hall–Kier alpha value is -2.61. The van der Waals surface area contributed by atoms with Crippen LogP contribution in [-0.4, -0.2) is 73.8 Å². The standard InChI is InChI=1S/C28H36N6O.ClH/c1-20-6-3-7-21-8-4-10-25(26(20)21)34-15-11-23-24(18-34)30-28(35-19-22-9-5-14-32(22)2)31-27(23)33-16-12-29-13-17-33;/h3-4,6-8,10,22,29H,5,9,11-19H2,1-2H3;1H/t22-;/m0./s1. The molecule has 4 heterocycles. The molecule has 0 spiro atoms. The molecular weight excluding hydrogens is 472 g/mol. The van der Waals surface area contributed by atoms with Gasteiger partial charge in [0.15, 0.2) is 0 Å². The molecule has 0 amide bonds. The smallest absolute Gasteiger partial charge is 0.318 e. The minimum atomic E-state index is 0. The van der Waals surface area contributed by atoms with Gasteiger partial charge in [-0.05, 0) is 56.8 Å². The molecule has 2 aromatic carbocycles. The second-order valence-electron chi connectivity index (χ2n) is 10.2. The van der Waals surface area contributed by atoms with Crippen LogP contribution in [0.1, 0.15) is 29.7 Å². The number of aryl methyl sites for hydroxylation is 1. The molecule has 3 aliphatic heterocycles. The lowest BCUT2D eigenvalue weighted by atomic mass is 9.99. The summed E-state index contributed by atoms with van der Waals surface area (Å²) in [6.45, 7) is 9.68. The first kappa shape index (κ1) is 25.1. The van der Waals surface area contributed by atoms with Gasteiger partial charge in [-0.2, -0.15) is 9.97 Å². The molecule has 2 saturated heterocycles. The highest BCUT2D eigenvalue weighted by atomic mass is 35.5. The van der Waals surface area contributed by atoms with Crippen molar-refractivity contribution in [2.24, 2.45) is 0 Å². The Morgan fingerprint density at radius 1 is 1.00 bits per heavy atom. The van der Waals surface area contributed by atoms with E-state index in [0.717, 1.165) is 63.7 Å². The number of aromatic nitrogens is 2. The summed E-state index contributed by atoms with van der Waals surface area (Å²) >= 11 is 0. The first-order valence-electron chi connectivity index (χ1n) is 13.1. The van der Waals surface area contributed by atoms with Gasteiger partial charge in [-0.3, -0.25) is 0 Å². The highest BCUT2D eigenvalue weighted by molar-refractivity contribution is 5.97. The number of ether oxygens (including phenoxy) is 1. The average molecular weight is 509 g/mol. The van der Waals surface area contributed by atoms with Gasteiger partial charge in [0, 0.05) is 55.4 Å². The Kier molecular flexibility index (Phi) is 7.51. The number of nitrogens with one attached hydrogen (secondary N) is 1. The molecule has 0 saturated carbocycles. The Bertz CT molecular complexity index is 1210. The maximum Gasteiger partial charge on any atom is 0.318 e. The molecule has 0 aliphatic carbocycles. The van der Waals surface area contributed by atoms with Gasteiger partial charge in [0.2, 0.25) is 0 Å². The maximum atomic E-state index is 6.26. The van der Waals surface area contributed by atoms with E-state index in [9.17, 15) is 0 Å². The lowest BCUT2D eigenvalue weighted by molar-refractivity contribution is 0.187. The highest BCUT2D eigenvalue weighted by Crippen LogP contribution is 2.35. The number of nitrogens with zero attached hydrogens (tertiary/aromatic N) is 5. The van der Waals surface area contributed by atoms with E-state index in [-0.39, 0.29) is 12.4 Å². The van der Waals surface area contributed by atoms with Crippen LogP contribution in [0.25, 0.3) is 10.8 Å². The predicted molar refractivity (Wildman–Crippen MR) is 149 cm³/mol. The lowest BCUT2D eigenvalue weighted by Gasteiger charge is -2.35. The van der Waals surface area contributed by atoms with Crippen LogP contribution in [0.4, 0.5) is 11.5 Å². The quantitative estimate of drug-likeness (QED) is 0.562. The number of hydrogen-bond acceptors (Lipinski definition) is 7. The molecule has 8 heteroatoms. The van der Waals surface area contributed by atoms with Crippen LogP contribution in [0, 0.1) is 6.92 Å². The van der Waals surface area contributed by atoms with Crippen molar-refractivity contribution in [3.8, 4) is 6.01 Å². The van der Waals surface area contributed by atoms with Crippen LogP contribution in [-0.2, 0) is 13.0 Å². The van der Waals surface area contributed by atoms with Crippen molar-refractivity contribution in [2.75, 3.05) is 62.7 Å². The number of likely N-dealkylation sites (N-methyl/N-ethyl adjacent to an activating group) is 1. The van der Waals surface area contributed by atoms with Crippen molar-refractivity contribution in [3.05, 3.63) is 53.2 Å². The van der Waals surface area contributed by atoms with Crippen LogP contribution in [0.3, 0.4) is 0 Å².